The van der Waals surface area contributed by atoms with Crippen molar-refractivity contribution in [2.45, 2.75) is 13.3 Å². The Morgan fingerprint density at radius 3 is 2.78 bits per heavy atom. The Morgan fingerprint density at radius 2 is 2.33 bits per heavy atom. The molecule has 0 aliphatic carbocycles. The smallest absolute Gasteiger partial charge is 0.0438 e. The predicted molar refractivity (Wildman–Crippen MR) is 43.8 cm³/mol. The summed E-state index contributed by atoms with van der Waals surface area (Å²) in [5, 5.41) is 8.40. The van der Waals surface area contributed by atoms with Crippen LogP contribution in [0.5, 0.6) is 0 Å². The second-order valence-electron chi connectivity index (χ2n) is 2.09. The van der Waals surface area contributed by atoms with Gasteiger partial charge in [-0.1, -0.05) is 12.2 Å². The summed E-state index contributed by atoms with van der Waals surface area (Å²) in [7, 11) is 0. The lowest BCUT2D eigenvalue weighted by atomic mass is 10.4. The van der Waals surface area contributed by atoms with Crippen LogP contribution in [0.25, 0.3) is 0 Å². The fraction of sp³-hybridized carbons (Fsp3) is 0.714. The van der Waals surface area contributed by atoms with Crippen LogP contribution in [0.3, 0.4) is 0 Å². The van der Waals surface area contributed by atoms with Gasteiger partial charge in [0.15, 0.2) is 0 Å². The zero-order valence-electron chi connectivity index (χ0n) is 5.89. The van der Waals surface area contributed by atoms with Crippen molar-refractivity contribution in [3.05, 3.63) is 12.2 Å². The van der Waals surface area contributed by atoms with Crippen LogP contribution in [0.1, 0.15) is 13.3 Å². The molecule has 0 saturated heterocycles. The lowest BCUT2D eigenvalue weighted by Crippen LogP contribution is -1.87. The molecule has 1 N–H and O–H groups in total. The molecule has 0 spiro atoms. The zero-order chi connectivity index (χ0) is 7.11. The summed E-state index contributed by atoms with van der Waals surface area (Å²) in [5.41, 5.74) is 1.21. The van der Waals surface area contributed by atoms with E-state index in [9.17, 15) is 0 Å². The Balaban J connectivity index is 2.83. The van der Waals surface area contributed by atoms with Crippen LogP contribution in [0, 0.1) is 0 Å². The minimum absolute atomic E-state index is 0.309. The second kappa shape index (κ2) is 6.17. The van der Waals surface area contributed by atoms with Crippen LogP contribution in [-0.2, 0) is 0 Å². The Hall–Kier alpha value is 0.0500. The van der Waals surface area contributed by atoms with E-state index in [4.69, 9.17) is 5.11 Å². The molecule has 0 aromatic rings. The van der Waals surface area contributed by atoms with Gasteiger partial charge in [0.2, 0.25) is 0 Å². The van der Waals surface area contributed by atoms with Gasteiger partial charge in [-0.15, -0.1) is 0 Å². The number of aliphatic hydroxyl groups is 1. The quantitative estimate of drug-likeness (QED) is 0.470. The van der Waals surface area contributed by atoms with Gasteiger partial charge in [0.1, 0.15) is 0 Å². The summed E-state index contributed by atoms with van der Waals surface area (Å²) >= 11 is 1.83. The Morgan fingerprint density at radius 1 is 1.67 bits per heavy atom. The first-order valence-corrected chi connectivity index (χ1v) is 4.26. The SMILES string of the molecule is C=C(C)CSCCCO. The Bertz CT molecular complexity index is 81.0. The van der Waals surface area contributed by atoms with Gasteiger partial charge in [0.25, 0.3) is 0 Å². The third kappa shape index (κ3) is 8.05. The van der Waals surface area contributed by atoms with E-state index in [0.717, 1.165) is 17.9 Å². The first kappa shape index (κ1) is 9.05. The van der Waals surface area contributed by atoms with E-state index in [2.05, 4.69) is 6.58 Å². The lowest BCUT2D eigenvalue weighted by Gasteiger charge is -1.96. The molecule has 0 radical (unpaired) electrons. The number of hydrogen-bond acceptors (Lipinski definition) is 2. The van der Waals surface area contributed by atoms with Crippen molar-refractivity contribution >= 4 is 11.8 Å². The first-order chi connectivity index (χ1) is 4.27. The second-order valence-corrected chi connectivity index (χ2v) is 3.19. The minimum atomic E-state index is 0.309. The maximum atomic E-state index is 8.40. The average molecular weight is 146 g/mol. The molecule has 2 heteroatoms. The topological polar surface area (TPSA) is 20.2 Å². The summed E-state index contributed by atoms with van der Waals surface area (Å²) in [6.07, 6.45) is 0.901. The molecule has 0 aromatic heterocycles. The molecule has 0 aliphatic rings. The van der Waals surface area contributed by atoms with Crippen molar-refractivity contribution in [1.82, 2.24) is 0 Å². The first-order valence-electron chi connectivity index (χ1n) is 3.10. The summed E-state index contributed by atoms with van der Waals surface area (Å²) < 4.78 is 0. The monoisotopic (exact) mass is 146 g/mol. The highest BCUT2D eigenvalue weighted by molar-refractivity contribution is 7.99. The van der Waals surface area contributed by atoms with Gasteiger partial charge in [-0.2, -0.15) is 11.8 Å². The molecule has 54 valence electrons. The molecule has 0 aliphatic heterocycles. The minimum Gasteiger partial charge on any atom is -0.396 e. The Kier molecular flexibility index (Phi) is 6.21. The zero-order valence-corrected chi connectivity index (χ0v) is 6.71. The van der Waals surface area contributed by atoms with Crippen LogP contribution >= 0.6 is 11.8 Å². The van der Waals surface area contributed by atoms with E-state index in [1.807, 2.05) is 18.7 Å². The maximum absolute atomic E-state index is 8.40. The maximum Gasteiger partial charge on any atom is 0.0438 e. The third-order valence-electron chi connectivity index (χ3n) is 0.795. The molecule has 0 unspecified atom stereocenters. The number of thioether (sulfide) groups is 1. The van der Waals surface area contributed by atoms with Crippen LogP contribution in [0.2, 0.25) is 0 Å². The molecular weight excluding hydrogens is 132 g/mol. The normalized spacial score (nSPS) is 9.56. The van der Waals surface area contributed by atoms with E-state index in [-0.39, 0.29) is 0 Å². The van der Waals surface area contributed by atoms with E-state index in [1.54, 1.807) is 0 Å². The van der Waals surface area contributed by atoms with Gasteiger partial charge in [0, 0.05) is 12.4 Å². The van der Waals surface area contributed by atoms with Crippen molar-refractivity contribution in [3.63, 3.8) is 0 Å². The fourth-order valence-corrected chi connectivity index (χ4v) is 1.24. The number of rotatable bonds is 5. The highest BCUT2D eigenvalue weighted by atomic mass is 32.2. The van der Waals surface area contributed by atoms with Gasteiger partial charge >= 0.3 is 0 Å². The summed E-state index contributed by atoms with van der Waals surface area (Å²) in [6.45, 7) is 6.10. The van der Waals surface area contributed by atoms with Gasteiger partial charge in [-0.05, 0) is 19.1 Å². The number of aliphatic hydroxyl groups excluding tert-OH is 1. The van der Waals surface area contributed by atoms with Gasteiger partial charge in [0.05, 0.1) is 0 Å². The molecule has 1 nitrogen and oxygen atoms in total. The average Bonchev–Trinajstić information content (AvgIpc) is 1.80. The molecule has 0 aromatic carbocycles. The van der Waals surface area contributed by atoms with Crippen LogP contribution in [0.4, 0.5) is 0 Å². The molecule has 0 bridgehead atoms. The predicted octanol–water partition coefficient (Wildman–Crippen LogP) is 1.68. The summed E-state index contributed by atoms with van der Waals surface area (Å²) in [6, 6.07) is 0. The molecule has 9 heavy (non-hydrogen) atoms. The standard InChI is InChI=1S/C7H14OS/c1-7(2)6-9-5-3-4-8/h8H,1,3-6H2,2H3. The van der Waals surface area contributed by atoms with E-state index in [0.29, 0.717) is 6.61 Å². The van der Waals surface area contributed by atoms with Crippen molar-refractivity contribution in [2.75, 3.05) is 18.1 Å². The van der Waals surface area contributed by atoms with Gasteiger partial charge in [-0.25, -0.2) is 0 Å². The molecule has 0 atom stereocenters. The third-order valence-corrected chi connectivity index (χ3v) is 2.07. The highest BCUT2D eigenvalue weighted by Crippen LogP contribution is 2.05. The molecule has 0 fully saturated rings. The molecule has 0 rings (SSSR count). The number of hydrogen-bond donors (Lipinski definition) is 1. The lowest BCUT2D eigenvalue weighted by molar-refractivity contribution is 0.296. The molecular formula is C7H14OS. The molecule has 0 heterocycles. The molecule has 0 amide bonds. The van der Waals surface area contributed by atoms with E-state index >= 15 is 0 Å². The van der Waals surface area contributed by atoms with Gasteiger partial charge in [-0.3, -0.25) is 0 Å². The van der Waals surface area contributed by atoms with Crippen LogP contribution in [0.15, 0.2) is 12.2 Å². The summed E-state index contributed by atoms with van der Waals surface area (Å²) in [5.74, 6) is 2.07. The van der Waals surface area contributed by atoms with Gasteiger partial charge < -0.3 is 5.11 Å². The molecule has 0 saturated carbocycles. The van der Waals surface area contributed by atoms with Crippen molar-refractivity contribution < 1.29 is 5.11 Å². The van der Waals surface area contributed by atoms with Crippen LogP contribution in [-0.4, -0.2) is 23.2 Å². The van der Waals surface area contributed by atoms with Crippen molar-refractivity contribution in [2.24, 2.45) is 0 Å². The highest BCUT2D eigenvalue weighted by Gasteiger charge is 1.87. The van der Waals surface area contributed by atoms with Crippen LogP contribution < -0.4 is 0 Å². The van der Waals surface area contributed by atoms with Crippen molar-refractivity contribution in [1.29, 1.82) is 0 Å². The van der Waals surface area contributed by atoms with E-state index < -0.39 is 0 Å². The van der Waals surface area contributed by atoms with Crippen molar-refractivity contribution in [3.8, 4) is 0 Å². The largest absolute Gasteiger partial charge is 0.396 e. The summed E-state index contributed by atoms with van der Waals surface area (Å²) in [4.78, 5) is 0. The Labute approximate surface area is 61.2 Å². The fourth-order valence-electron chi connectivity index (χ4n) is 0.413. The van der Waals surface area contributed by atoms with E-state index in [1.165, 1.54) is 5.57 Å².